The van der Waals surface area contributed by atoms with E-state index >= 15 is 0 Å². The zero-order chi connectivity index (χ0) is 31.3. The lowest BCUT2D eigenvalue weighted by Gasteiger charge is -2.29. The maximum atomic E-state index is 13.9. The van der Waals surface area contributed by atoms with E-state index < -0.39 is 34.4 Å². The van der Waals surface area contributed by atoms with E-state index in [2.05, 4.69) is 30.8 Å². The Morgan fingerprint density at radius 3 is 2.56 bits per heavy atom. The molecule has 1 aliphatic heterocycles. The Kier molecular flexibility index (Phi) is 10.1. The van der Waals surface area contributed by atoms with Crippen molar-refractivity contribution in [2.75, 3.05) is 55.5 Å². The van der Waals surface area contributed by atoms with Crippen LogP contribution in [0.25, 0.3) is 0 Å². The smallest absolute Gasteiger partial charge is 0.421 e. The lowest BCUT2D eigenvalue weighted by atomic mass is 10.0. The van der Waals surface area contributed by atoms with Crippen molar-refractivity contribution in [2.45, 2.75) is 31.6 Å². The number of nitrogens with zero attached hydrogens (tertiary/aromatic N) is 4. The maximum absolute atomic E-state index is 13.9. The Bertz CT molecular complexity index is 1480. The van der Waals surface area contributed by atoms with Gasteiger partial charge in [0.05, 0.1) is 18.5 Å². The van der Waals surface area contributed by atoms with Crippen molar-refractivity contribution in [3.63, 3.8) is 0 Å². The number of hydrogen-bond donors (Lipinski definition) is 3. The highest BCUT2D eigenvalue weighted by atomic mass is 32.2. The molecule has 1 aliphatic rings. The molecule has 0 radical (unpaired) electrons. The number of rotatable bonds is 10. The van der Waals surface area contributed by atoms with Crippen molar-refractivity contribution < 1.29 is 31.3 Å². The number of methoxy groups -OCH3 is 1. The first-order valence-electron chi connectivity index (χ1n) is 13.3. The van der Waals surface area contributed by atoms with E-state index in [0.29, 0.717) is 23.0 Å². The summed E-state index contributed by atoms with van der Waals surface area (Å²) in [6.07, 6.45) is -1.04. The first kappa shape index (κ1) is 31.9. The molecule has 0 bridgehead atoms. The van der Waals surface area contributed by atoms with Gasteiger partial charge in [-0.1, -0.05) is 6.07 Å². The fraction of sp³-hybridized carbons (Fsp3) is 0.393. The summed E-state index contributed by atoms with van der Waals surface area (Å²) in [5.74, 6) is -1.26. The molecule has 2 heterocycles. The van der Waals surface area contributed by atoms with Gasteiger partial charge in [-0.3, -0.25) is 9.10 Å². The molecule has 4 rings (SSSR count). The number of carbonyl (C=O) groups excluding carboxylic acids is 1. The van der Waals surface area contributed by atoms with Gasteiger partial charge in [-0.25, -0.2) is 13.6 Å². The van der Waals surface area contributed by atoms with E-state index in [-0.39, 0.29) is 35.9 Å². The quantitative estimate of drug-likeness (QED) is 0.282. The number of carbonyl (C=O) groups is 1. The number of benzene rings is 2. The molecule has 0 aliphatic carbocycles. The van der Waals surface area contributed by atoms with Gasteiger partial charge in [0.2, 0.25) is 5.95 Å². The van der Waals surface area contributed by atoms with Crippen molar-refractivity contribution in [2.24, 2.45) is 0 Å². The fourth-order valence-electron chi connectivity index (χ4n) is 4.56. The Balaban J connectivity index is 1.55. The van der Waals surface area contributed by atoms with E-state index in [1.54, 1.807) is 12.1 Å². The van der Waals surface area contributed by atoms with Crippen molar-refractivity contribution in [3.8, 4) is 5.75 Å². The molecule has 1 amide bonds. The third-order valence-electron chi connectivity index (χ3n) is 7.08. The van der Waals surface area contributed by atoms with Crippen LogP contribution in [-0.4, -0.2) is 71.6 Å². The van der Waals surface area contributed by atoms with Gasteiger partial charge < -0.3 is 25.6 Å². The topological polar surface area (TPSA) is 112 Å². The van der Waals surface area contributed by atoms with Crippen LogP contribution in [0.5, 0.6) is 5.75 Å². The average molecular weight is 624 g/mol. The van der Waals surface area contributed by atoms with Gasteiger partial charge in [-0.15, -0.1) is 0 Å². The minimum Gasteiger partial charge on any atom is -0.495 e. The van der Waals surface area contributed by atoms with Crippen LogP contribution in [0, 0.1) is 5.82 Å². The molecule has 2 aromatic carbocycles. The van der Waals surface area contributed by atoms with Crippen LogP contribution in [0.4, 0.5) is 40.7 Å². The van der Waals surface area contributed by atoms with Gasteiger partial charge in [-0.05, 0) is 68.9 Å². The molecule has 15 heteroatoms. The second-order valence-corrected chi connectivity index (χ2v) is 11.5. The Morgan fingerprint density at radius 2 is 1.91 bits per heavy atom. The number of ether oxygens (including phenoxy) is 1. The van der Waals surface area contributed by atoms with Crippen LogP contribution >= 0.6 is 0 Å². The fourth-order valence-corrected chi connectivity index (χ4v) is 5.01. The number of amides is 1. The third-order valence-corrected chi connectivity index (χ3v) is 8.04. The average Bonchev–Trinajstić information content (AvgIpc) is 2.96. The van der Waals surface area contributed by atoms with Gasteiger partial charge in [0, 0.05) is 37.7 Å². The Hall–Kier alpha value is -3.98. The zero-order valence-corrected chi connectivity index (χ0v) is 24.9. The highest BCUT2D eigenvalue weighted by Crippen LogP contribution is 2.35. The second kappa shape index (κ2) is 13.5. The van der Waals surface area contributed by atoms with E-state index in [4.69, 9.17) is 4.74 Å². The lowest BCUT2D eigenvalue weighted by Crippen LogP contribution is -2.43. The SMILES string of the molecule is COc1cc(C(=O)NC2CCN(C)CC2)ccc1Nc1ncc(C(F)(F)F)c(NCc2ccc(F)cc2N(C)S(C)=O)n1. The van der Waals surface area contributed by atoms with Crippen molar-refractivity contribution in [1.82, 2.24) is 20.2 Å². The number of alkyl halides is 3. The zero-order valence-electron chi connectivity index (χ0n) is 24.1. The Labute approximate surface area is 249 Å². The maximum Gasteiger partial charge on any atom is 0.421 e. The Morgan fingerprint density at radius 1 is 1.19 bits per heavy atom. The molecule has 0 spiro atoms. The number of halogens is 4. The summed E-state index contributed by atoms with van der Waals surface area (Å²) in [6, 6.07) is 8.43. The molecule has 1 fully saturated rings. The van der Waals surface area contributed by atoms with Crippen LogP contribution in [0.2, 0.25) is 0 Å². The van der Waals surface area contributed by atoms with Crippen LogP contribution in [0.1, 0.15) is 34.3 Å². The molecule has 3 N–H and O–H groups in total. The molecular formula is C28H33F4N7O3S. The summed E-state index contributed by atoms with van der Waals surface area (Å²) >= 11 is 0. The van der Waals surface area contributed by atoms with Crippen LogP contribution in [-0.2, 0) is 23.7 Å². The molecule has 1 saturated heterocycles. The van der Waals surface area contributed by atoms with Crippen LogP contribution < -0.4 is 25.0 Å². The van der Waals surface area contributed by atoms with Gasteiger partial charge in [0.1, 0.15) is 33.9 Å². The van der Waals surface area contributed by atoms with Gasteiger partial charge in [0.15, 0.2) is 0 Å². The summed E-state index contributed by atoms with van der Waals surface area (Å²) < 4.78 is 74.1. The van der Waals surface area contributed by atoms with Gasteiger partial charge in [0.25, 0.3) is 5.91 Å². The number of hydrogen-bond acceptors (Lipinski definition) is 8. The van der Waals surface area contributed by atoms with Crippen molar-refractivity contribution in [3.05, 3.63) is 65.1 Å². The first-order chi connectivity index (χ1) is 20.3. The summed E-state index contributed by atoms with van der Waals surface area (Å²) in [6.45, 7) is 1.60. The normalized spacial score (nSPS) is 15.1. The number of likely N-dealkylation sites (tertiary alicyclic amines) is 1. The first-order valence-corrected chi connectivity index (χ1v) is 14.9. The highest BCUT2D eigenvalue weighted by molar-refractivity contribution is 7.85. The van der Waals surface area contributed by atoms with Crippen LogP contribution in [0.3, 0.4) is 0 Å². The molecule has 43 heavy (non-hydrogen) atoms. The predicted molar refractivity (Wildman–Crippen MR) is 157 cm³/mol. The number of nitrogens with one attached hydrogen (secondary N) is 3. The lowest BCUT2D eigenvalue weighted by molar-refractivity contribution is -0.137. The van der Waals surface area contributed by atoms with E-state index in [9.17, 15) is 26.6 Å². The molecule has 10 nitrogen and oxygen atoms in total. The number of aromatic nitrogens is 2. The predicted octanol–water partition coefficient (Wildman–Crippen LogP) is 4.55. The molecule has 232 valence electrons. The summed E-state index contributed by atoms with van der Waals surface area (Å²) in [5, 5.41) is 8.55. The molecule has 3 aromatic rings. The molecule has 1 atom stereocenters. The minimum atomic E-state index is -4.77. The molecular weight excluding hydrogens is 590 g/mol. The summed E-state index contributed by atoms with van der Waals surface area (Å²) in [5.41, 5.74) is 0.235. The number of anilines is 4. The summed E-state index contributed by atoms with van der Waals surface area (Å²) in [7, 11) is 3.42. The van der Waals surface area contributed by atoms with Crippen LogP contribution in [0.15, 0.2) is 42.6 Å². The van der Waals surface area contributed by atoms with Gasteiger partial charge in [-0.2, -0.15) is 18.2 Å². The largest absolute Gasteiger partial charge is 0.495 e. The summed E-state index contributed by atoms with van der Waals surface area (Å²) in [4.78, 5) is 22.9. The minimum absolute atomic E-state index is 0.0643. The molecule has 1 unspecified atom stereocenters. The highest BCUT2D eigenvalue weighted by Gasteiger charge is 2.35. The monoisotopic (exact) mass is 623 g/mol. The van der Waals surface area contributed by atoms with Crippen molar-refractivity contribution in [1.29, 1.82) is 0 Å². The van der Waals surface area contributed by atoms with Crippen molar-refractivity contribution >= 4 is 40.0 Å². The molecule has 1 aromatic heterocycles. The number of piperidine rings is 1. The molecule has 0 saturated carbocycles. The third kappa shape index (κ3) is 8.10. The van der Waals surface area contributed by atoms with E-state index in [0.717, 1.165) is 38.1 Å². The second-order valence-electron chi connectivity index (χ2n) is 10.1. The van der Waals surface area contributed by atoms with E-state index in [1.165, 1.54) is 36.9 Å². The van der Waals surface area contributed by atoms with Gasteiger partial charge >= 0.3 is 6.18 Å². The van der Waals surface area contributed by atoms with E-state index in [1.807, 2.05) is 7.05 Å². The standard InChI is InChI=1S/C28H33F4N7O3S/c1-38-11-9-20(10-12-38)35-26(40)17-6-8-22(24(13-17)42-3)36-27-34-16-21(28(30,31)32)25(37-27)33-15-18-5-7-19(29)14-23(18)39(2)43(4)41/h5-8,13-14,16,20H,9-12,15H2,1-4H3,(H,35,40)(H2,33,34,36,37).